The normalized spacial score (nSPS) is 17.0. The summed E-state index contributed by atoms with van der Waals surface area (Å²) in [6.45, 7) is 0. The Bertz CT molecular complexity index is 455. The molecule has 0 radical (unpaired) electrons. The molecule has 1 aliphatic carbocycles. The molecule has 0 aliphatic heterocycles. The Labute approximate surface area is 119 Å². The number of hydrogen-bond donors (Lipinski definition) is 1. The van der Waals surface area contributed by atoms with E-state index in [9.17, 15) is 9.18 Å². The zero-order valence-electron chi connectivity index (χ0n) is 11.2. The van der Waals surface area contributed by atoms with E-state index in [-0.39, 0.29) is 17.5 Å². The minimum absolute atomic E-state index is 0.124. The van der Waals surface area contributed by atoms with Crippen molar-refractivity contribution in [1.29, 1.82) is 0 Å². The molecule has 2 nitrogen and oxygen atoms in total. The highest BCUT2D eigenvalue weighted by Gasteiger charge is 2.24. The van der Waals surface area contributed by atoms with Gasteiger partial charge in [-0.05, 0) is 31.0 Å². The van der Waals surface area contributed by atoms with E-state index in [1.165, 1.54) is 25.0 Å². The molecule has 0 saturated heterocycles. The van der Waals surface area contributed by atoms with Gasteiger partial charge in [0.05, 0.1) is 5.56 Å². The second-order valence-corrected chi connectivity index (χ2v) is 5.74. The monoisotopic (exact) mass is 281 g/mol. The van der Waals surface area contributed by atoms with Crippen LogP contribution in [0.1, 0.15) is 48.9 Å². The number of hydrogen-bond acceptors (Lipinski definition) is 2. The number of nitrogens with zero attached hydrogens (tertiary/aromatic N) is 1. The van der Waals surface area contributed by atoms with E-state index in [1.807, 2.05) is 0 Å². The molecule has 0 atom stereocenters. The standard InChI is InChI=1S/C15H20FNOS/c1-17(11-6-4-2-3-5-7-11)15(18)13-10-12(19)8-9-14(13)16/h8-11,19H,2-7H2,1H3. The van der Waals surface area contributed by atoms with Crippen molar-refractivity contribution in [3.05, 3.63) is 29.6 Å². The molecular formula is C15H20FNOS. The van der Waals surface area contributed by atoms with Crippen molar-refractivity contribution in [2.75, 3.05) is 7.05 Å². The molecule has 4 heteroatoms. The molecule has 104 valence electrons. The maximum Gasteiger partial charge on any atom is 0.256 e. The first-order chi connectivity index (χ1) is 9.09. The van der Waals surface area contributed by atoms with Crippen molar-refractivity contribution < 1.29 is 9.18 Å². The van der Waals surface area contributed by atoms with Crippen LogP contribution < -0.4 is 0 Å². The summed E-state index contributed by atoms with van der Waals surface area (Å²) >= 11 is 4.17. The predicted molar refractivity (Wildman–Crippen MR) is 77.2 cm³/mol. The van der Waals surface area contributed by atoms with Crippen LogP contribution in [0.4, 0.5) is 4.39 Å². The first kappa shape index (κ1) is 14.4. The largest absolute Gasteiger partial charge is 0.339 e. The smallest absolute Gasteiger partial charge is 0.256 e. The lowest BCUT2D eigenvalue weighted by Crippen LogP contribution is -2.37. The number of amides is 1. The SMILES string of the molecule is CN(C(=O)c1cc(S)ccc1F)C1CCCCCC1. The van der Waals surface area contributed by atoms with Crippen LogP contribution in [0.5, 0.6) is 0 Å². The predicted octanol–water partition coefficient (Wildman–Crippen LogP) is 3.91. The van der Waals surface area contributed by atoms with Gasteiger partial charge >= 0.3 is 0 Å². The minimum atomic E-state index is -0.469. The maximum atomic E-state index is 13.7. The summed E-state index contributed by atoms with van der Waals surface area (Å²) in [6.07, 6.45) is 6.81. The first-order valence-corrected chi connectivity index (χ1v) is 7.30. The second kappa shape index (κ2) is 6.42. The van der Waals surface area contributed by atoms with Crippen molar-refractivity contribution in [1.82, 2.24) is 4.90 Å². The second-order valence-electron chi connectivity index (χ2n) is 5.23. The van der Waals surface area contributed by atoms with E-state index in [4.69, 9.17) is 0 Å². The summed E-state index contributed by atoms with van der Waals surface area (Å²) < 4.78 is 13.7. The maximum absolute atomic E-state index is 13.7. The van der Waals surface area contributed by atoms with Crippen LogP contribution in [0.25, 0.3) is 0 Å². The molecule has 1 saturated carbocycles. The van der Waals surface area contributed by atoms with Gasteiger partial charge in [0.25, 0.3) is 5.91 Å². The lowest BCUT2D eigenvalue weighted by Gasteiger charge is -2.27. The molecule has 0 unspecified atom stereocenters. The van der Waals surface area contributed by atoms with E-state index in [2.05, 4.69) is 12.6 Å². The number of rotatable bonds is 2. The van der Waals surface area contributed by atoms with Crippen LogP contribution in [0.2, 0.25) is 0 Å². The molecule has 0 spiro atoms. The quantitative estimate of drug-likeness (QED) is 0.644. The summed E-state index contributed by atoms with van der Waals surface area (Å²) in [5, 5.41) is 0. The highest BCUT2D eigenvalue weighted by molar-refractivity contribution is 7.80. The van der Waals surface area contributed by atoms with Crippen molar-refractivity contribution in [2.45, 2.75) is 49.5 Å². The molecule has 1 amide bonds. The molecule has 1 aromatic rings. The van der Waals surface area contributed by atoms with Crippen LogP contribution in [0.15, 0.2) is 23.1 Å². The Kier molecular flexibility index (Phi) is 4.86. The number of thiol groups is 1. The Morgan fingerprint density at radius 3 is 2.53 bits per heavy atom. The molecule has 1 aromatic carbocycles. The molecule has 19 heavy (non-hydrogen) atoms. The van der Waals surface area contributed by atoms with E-state index >= 15 is 0 Å². The van der Waals surface area contributed by atoms with Crippen LogP contribution >= 0.6 is 12.6 Å². The number of carbonyl (C=O) groups excluding carboxylic acids is 1. The molecule has 1 fully saturated rings. The van der Waals surface area contributed by atoms with Gasteiger partial charge in [0.2, 0.25) is 0 Å². The topological polar surface area (TPSA) is 20.3 Å². The first-order valence-electron chi connectivity index (χ1n) is 6.85. The highest BCUT2D eigenvalue weighted by atomic mass is 32.1. The third-order valence-electron chi connectivity index (χ3n) is 3.87. The molecular weight excluding hydrogens is 261 g/mol. The van der Waals surface area contributed by atoms with Crippen molar-refractivity contribution in [3.63, 3.8) is 0 Å². The lowest BCUT2D eigenvalue weighted by atomic mass is 10.1. The van der Waals surface area contributed by atoms with Gasteiger partial charge in [0.15, 0.2) is 0 Å². The average molecular weight is 281 g/mol. The van der Waals surface area contributed by atoms with Gasteiger partial charge in [-0.2, -0.15) is 0 Å². The summed E-state index contributed by atoms with van der Waals surface area (Å²) in [6, 6.07) is 4.60. The average Bonchev–Trinajstić information content (AvgIpc) is 2.69. The molecule has 0 bridgehead atoms. The molecule has 2 rings (SSSR count). The fourth-order valence-electron chi connectivity index (χ4n) is 2.68. The van der Waals surface area contributed by atoms with Gasteiger partial charge < -0.3 is 4.90 Å². The zero-order valence-corrected chi connectivity index (χ0v) is 12.1. The van der Waals surface area contributed by atoms with E-state index < -0.39 is 5.82 Å². The van der Waals surface area contributed by atoms with Crippen LogP contribution in [-0.2, 0) is 0 Å². The molecule has 0 aromatic heterocycles. The van der Waals surface area contributed by atoms with Crippen molar-refractivity contribution in [2.24, 2.45) is 0 Å². The molecule has 1 aliphatic rings. The Hall–Kier alpha value is -1.03. The Balaban J connectivity index is 2.15. The van der Waals surface area contributed by atoms with Gasteiger partial charge in [0.1, 0.15) is 5.82 Å². The van der Waals surface area contributed by atoms with Gasteiger partial charge in [-0.3, -0.25) is 4.79 Å². The Morgan fingerprint density at radius 1 is 1.26 bits per heavy atom. The Morgan fingerprint density at radius 2 is 1.89 bits per heavy atom. The summed E-state index contributed by atoms with van der Waals surface area (Å²) in [5.74, 6) is -0.705. The van der Waals surface area contributed by atoms with Crippen molar-refractivity contribution >= 4 is 18.5 Å². The van der Waals surface area contributed by atoms with E-state index in [0.29, 0.717) is 4.90 Å². The van der Waals surface area contributed by atoms with Gasteiger partial charge in [-0.25, -0.2) is 4.39 Å². The minimum Gasteiger partial charge on any atom is -0.339 e. The van der Waals surface area contributed by atoms with Gasteiger partial charge in [-0.15, -0.1) is 12.6 Å². The van der Waals surface area contributed by atoms with E-state index in [1.54, 1.807) is 18.0 Å². The summed E-state index contributed by atoms with van der Waals surface area (Å²) in [4.78, 5) is 14.7. The van der Waals surface area contributed by atoms with Gasteiger partial charge in [0, 0.05) is 18.0 Å². The molecule has 0 heterocycles. The zero-order chi connectivity index (χ0) is 13.8. The summed E-state index contributed by atoms with van der Waals surface area (Å²) in [5.41, 5.74) is 0.124. The highest BCUT2D eigenvalue weighted by Crippen LogP contribution is 2.23. The van der Waals surface area contributed by atoms with E-state index in [0.717, 1.165) is 25.7 Å². The fraction of sp³-hybridized carbons (Fsp3) is 0.533. The van der Waals surface area contributed by atoms with Crippen LogP contribution in [0, 0.1) is 5.82 Å². The summed E-state index contributed by atoms with van der Waals surface area (Å²) in [7, 11) is 1.78. The van der Waals surface area contributed by atoms with Gasteiger partial charge in [-0.1, -0.05) is 25.7 Å². The lowest BCUT2D eigenvalue weighted by molar-refractivity contribution is 0.0712. The number of benzene rings is 1. The number of carbonyl (C=O) groups is 1. The molecule has 0 N–H and O–H groups in total. The van der Waals surface area contributed by atoms with Crippen molar-refractivity contribution in [3.8, 4) is 0 Å². The third kappa shape index (κ3) is 3.50. The fourth-order valence-corrected chi connectivity index (χ4v) is 2.88. The van der Waals surface area contributed by atoms with Crippen LogP contribution in [-0.4, -0.2) is 23.9 Å². The van der Waals surface area contributed by atoms with Crippen LogP contribution in [0.3, 0.4) is 0 Å². The third-order valence-corrected chi connectivity index (χ3v) is 4.15. The number of halogens is 1.